The van der Waals surface area contributed by atoms with Gasteiger partial charge in [0.2, 0.25) is 0 Å². The van der Waals surface area contributed by atoms with Crippen LogP contribution in [0.3, 0.4) is 0 Å². The molecule has 0 saturated carbocycles. The van der Waals surface area contributed by atoms with E-state index in [4.69, 9.17) is 0 Å². The van der Waals surface area contributed by atoms with Crippen LogP contribution >= 0.6 is 7.26 Å². The molecule has 0 radical (unpaired) electrons. The number of rotatable bonds is 5. The molecular formula is C30H32ClP. The molecule has 0 aliphatic carbocycles. The largest absolute Gasteiger partial charge is 1.00 e. The first-order valence-electron chi connectivity index (χ1n) is 11.0. The van der Waals surface area contributed by atoms with Crippen molar-refractivity contribution in [1.82, 2.24) is 0 Å². The third-order valence-electron chi connectivity index (χ3n) is 6.99. The molecular weight excluding hydrogens is 427 g/mol. The maximum atomic E-state index is 2.46. The summed E-state index contributed by atoms with van der Waals surface area (Å²) >= 11 is 0. The molecule has 0 aliphatic heterocycles. The van der Waals surface area contributed by atoms with Gasteiger partial charge in [-0.25, -0.2) is 0 Å². The minimum absolute atomic E-state index is 0. The lowest BCUT2D eigenvalue weighted by atomic mass is 9.91. The van der Waals surface area contributed by atoms with Gasteiger partial charge in [-0.3, -0.25) is 0 Å². The number of hydrogen-bond donors (Lipinski definition) is 0. The molecule has 4 aromatic rings. The first-order valence-corrected chi connectivity index (χ1v) is 12.8. The summed E-state index contributed by atoms with van der Waals surface area (Å²) in [5, 5.41) is 4.18. The van der Waals surface area contributed by atoms with E-state index in [2.05, 4.69) is 138 Å². The van der Waals surface area contributed by atoms with Crippen LogP contribution in [0.2, 0.25) is 0 Å². The van der Waals surface area contributed by atoms with Gasteiger partial charge < -0.3 is 12.4 Å². The normalized spacial score (nSPS) is 11.7. The van der Waals surface area contributed by atoms with Gasteiger partial charge >= 0.3 is 0 Å². The summed E-state index contributed by atoms with van der Waals surface area (Å²) in [7, 11) is -2.04. The van der Waals surface area contributed by atoms with Crippen LogP contribution in [0.1, 0.15) is 36.1 Å². The van der Waals surface area contributed by atoms with Crippen LogP contribution in [0.5, 0.6) is 0 Å². The van der Waals surface area contributed by atoms with Gasteiger partial charge in [-0.2, -0.15) is 0 Å². The van der Waals surface area contributed by atoms with Crippen molar-refractivity contribution in [3.05, 3.63) is 125 Å². The van der Waals surface area contributed by atoms with E-state index in [0.717, 1.165) is 0 Å². The molecule has 0 atom stereocenters. The Kier molecular flexibility index (Phi) is 7.29. The Hall–Kier alpha value is -2.40. The minimum atomic E-state index is -2.04. The van der Waals surface area contributed by atoms with Crippen molar-refractivity contribution >= 4 is 23.2 Å². The summed E-state index contributed by atoms with van der Waals surface area (Å²) in [5.41, 5.74) is 5.62. The van der Waals surface area contributed by atoms with Crippen molar-refractivity contribution < 1.29 is 12.4 Å². The summed E-state index contributed by atoms with van der Waals surface area (Å²) in [6.45, 7) is 11.7. The van der Waals surface area contributed by atoms with E-state index < -0.39 is 7.26 Å². The van der Waals surface area contributed by atoms with Crippen LogP contribution in [0.4, 0.5) is 0 Å². The second-order valence-electron chi connectivity index (χ2n) is 8.92. The second-order valence-corrected chi connectivity index (χ2v) is 12.9. The number of benzene rings is 4. The third kappa shape index (κ3) is 3.81. The monoisotopic (exact) mass is 458 g/mol. The van der Waals surface area contributed by atoms with Gasteiger partial charge in [0, 0.05) is 0 Å². The molecule has 0 nitrogen and oxygen atoms in total. The highest BCUT2D eigenvalue weighted by Gasteiger charge is 2.58. The number of hydrogen-bond acceptors (Lipinski definition) is 0. The van der Waals surface area contributed by atoms with E-state index in [1.807, 2.05) is 0 Å². The summed E-state index contributed by atoms with van der Waals surface area (Å²) in [4.78, 5) is 0. The number of aryl methyl sites for hydroxylation is 1. The topological polar surface area (TPSA) is 0 Å². The maximum Gasteiger partial charge on any atom is 0.121 e. The molecule has 0 N–H and O–H groups in total. The van der Waals surface area contributed by atoms with E-state index >= 15 is 0 Å². The molecule has 0 heterocycles. The summed E-state index contributed by atoms with van der Waals surface area (Å²) in [6.07, 6.45) is 0. The summed E-state index contributed by atoms with van der Waals surface area (Å²) < 4.78 is 0. The molecule has 0 saturated heterocycles. The molecule has 2 heteroatoms. The Balaban J connectivity index is 0.00000289. The standard InChI is InChI=1S/C30H32P.ClH/c1-23-21-22-29(25(3)24(23)2)30(4,5)31(26-15-9-6-10-16-26,27-17-11-7-12-18-27)28-19-13-8-14-20-28;/h6-22H,1-5H3;1H/q+1;/p-1. The Morgan fingerprint density at radius 2 is 0.875 bits per heavy atom. The SMILES string of the molecule is Cc1ccc(C(C)(C)[P+](c2ccccc2)(c2ccccc2)c2ccccc2)c(C)c1C.[Cl-]. The van der Waals surface area contributed by atoms with Crippen molar-refractivity contribution in [2.45, 2.75) is 39.8 Å². The van der Waals surface area contributed by atoms with Gasteiger partial charge in [0.05, 0.1) is 0 Å². The molecule has 0 spiro atoms. The Morgan fingerprint density at radius 3 is 1.25 bits per heavy atom. The van der Waals surface area contributed by atoms with E-state index in [0.29, 0.717) is 0 Å². The Bertz CT molecular complexity index is 1070. The van der Waals surface area contributed by atoms with Gasteiger partial charge in [-0.1, -0.05) is 66.7 Å². The van der Waals surface area contributed by atoms with Gasteiger partial charge in [-0.05, 0) is 93.3 Å². The zero-order valence-electron chi connectivity index (χ0n) is 19.6. The lowest BCUT2D eigenvalue weighted by molar-refractivity contribution is -0.00000641. The number of halogens is 1. The minimum Gasteiger partial charge on any atom is -1.00 e. The average Bonchev–Trinajstić information content (AvgIpc) is 2.80. The molecule has 4 rings (SSSR count). The lowest BCUT2D eigenvalue weighted by Crippen LogP contribution is -3.00. The van der Waals surface area contributed by atoms with Crippen LogP contribution in [0, 0.1) is 20.8 Å². The lowest BCUT2D eigenvalue weighted by Gasteiger charge is -2.42. The van der Waals surface area contributed by atoms with Gasteiger partial charge in [0.1, 0.15) is 28.3 Å². The van der Waals surface area contributed by atoms with Crippen LogP contribution in [0.15, 0.2) is 103 Å². The van der Waals surface area contributed by atoms with Crippen LogP contribution < -0.4 is 28.3 Å². The predicted molar refractivity (Wildman–Crippen MR) is 139 cm³/mol. The average molecular weight is 459 g/mol. The highest BCUT2D eigenvalue weighted by atomic mass is 35.5. The molecule has 164 valence electrons. The summed E-state index contributed by atoms with van der Waals surface area (Å²) in [5.74, 6) is 0. The van der Waals surface area contributed by atoms with E-state index in [1.54, 1.807) is 0 Å². The summed E-state index contributed by atoms with van der Waals surface area (Å²) in [6, 6.07) is 38.3. The molecule has 32 heavy (non-hydrogen) atoms. The zero-order valence-corrected chi connectivity index (χ0v) is 21.3. The molecule has 0 aliphatic rings. The first kappa shape index (κ1) is 24.2. The smallest absolute Gasteiger partial charge is 0.121 e. The van der Waals surface area contributed by atoms with E-state index in [1.165, 1.54) is 38.2 Å². The molecule has 4 aromatic carbocycles. The second kappa shape index (κ2) is 9.62. The van der Waals surface area contributed by atoms with Gasteiger partial charge in [0.25, 0.3) is 0 Å². The zero-order chi connectivity index (χ0) is 22.1. The fourth-order valence-corrected chi connectivity index (χ4v) is 10.5. The molecule has 0 aromatic heterocycles. The van der Waals surface area contributed by atoms with Crippen molar-refractivity contribution in [3.63, 3.8) is 0 Å². The molecule has 0 amide bonds. The molecule has 0 unspecified atom stereocenters. The van der Waals surface area contributed by atoms with Crippen LogP contribution in [0.25, 0.3) is 0 Å². The highest BCUT2D eigenvalue weighted by Crippen LogP contribution is 2.70. The Labute approximate surface area is 200 Å². The molecule has 0 fully saturated rings. The Morgan fingerprint density at radius 1 is 0.500 bits per heavy atom. The molecule has 0 bridgehead atoms. The quantitative estimate of drug-likeness (QED) is 0.398. The van der Waals surface area contributed by atoms with Crippen LogP contribution in [-0.2, 0) is 5.16 Å². The fraction of sp³-hybridized carbons (Fsp3) is 0.200. The van der Waals surface area contributed by atoms with Crippen molar-refractivity contribution in [2.75, 3.05) is 0 Å². The fourth-order valence-electron chi connectivity index (χ4n) is 5.17. The van der Waals surface area contributed by atoms with Gasteiger partial charge in [-0.15, -0.1) is 0 Å². The van der Waals surface area contributed by atoms with Crippen molar-refractivity contribution in [2.24, 2.45) is 0 Å². The van der Waals surface area contributed by atoms with E-state index in [9.17, 15) is 0 Å². The van der Waals surface area contributed by atoms with E-state index in [-0.39, 0.29) is 17.6 Å². The van der Waals surface area contributed by atoms with Crippen molar-refractivity contribution in [1.29, 1.82) is 0 Å². The highest BCUT2D eigenvalue weighted by molar-refractivity contribution is 7.96. The maximum absolute atomic E-state index is 2.46. The first-order chi connectivity index (χ1) is 14.9. The van der Waals surface area contributed by atoms with Crippen molar-refractivity contribution in [3.8, 4) is 0 Å². The predicted octanol–water partition coefficient (Wildman–Crippen LogP) is 3.85. The third-order valence-corrected chi connectivity index (χ3v) is 12.1. The van der Waals surface area contributed by atoms with Gasteiger partial charge in [0.15, 0.2) is 0 Å². The van der Waals surface area contributed by atoms with Crippen LogP contribution in [-0.4, -0.2) is 0 Å².